The van der Waals surface area contributed by atoms with Gasteiger partial charge in [0.25, 0.3) is 11.8 Å². The van der Waals surface area contributed by atoms with Gasteiger partial charge in [-0.15, -0.1) is 0 Å². The number of carbonyl (C=O) groups excluding carboxylic acids is 3. The zero-order chi connectivity index (χ0) is 20.5. The van der Waals surface area contributed by atoms with E-state index in [-0.39, 0.29) is 29.6 Å². The van der Waals surface area contributed by atoms with Crippen molar-refractivity contribution >= 4 is 23.4 Å². The van der Waals surface area contributed by atoms with Gasteiger partial charge >= 0.3 is 0 Å². The molecule has 5 heteroatoms. The largest absolute Gasteiger partial charge is 0.325 e. The first-order valence-corrected chi connectivity index (χ1v) is 10.3. The second kappa shape index (κ2) is 7.82. The Morgan fingerprint density at radius 3 is 2.14 bits per heavy atom. The van der Waals surface area contributed by atoms with Crippen molar-refractivity contribution in [2.45, 2.75) is 39.5 Å². The number of rotatable bonds is 4. The summed E-state index contributed by atoms with van der Waals surface area (Å²) in [5.74, 6) is -0.721. The van der Waals surface area contributed by atoms with Crippen LogP contribution in [0.25, 0.3) is 0 Å². The van der Waals surface area contributed by atoms with Gasteiger partial charge in [-0.1, -0.05) is 43.2 Å². The number of hydrogen-bond donors (Lipinski definition) is 1. The summed E-state index contributed by atoms with van der Waals surface area (Å²) < 4.78 is 0. The molecule has 5 nitrogen and oxygen atoms in total. The van der Waals surface area contributed by atoms with Gasteiger partial charge in [-0.2, -0.15) is 0 Å². The smallest absolute Gasteiger partial charge is 0.261 e. The number of benzene rings is 2. The van der Waals surface area contributed by atoms with Gasteiger partial charge in [0.15, 0.2) is 0 Å². The third-order valence-corrected chi connectivity index (χ3v) is 6.27. The van der Waals surface area contributed by atoms with Crippen molar-refractivity contribution in [2.24, 2.45) is 11.8 Å². The Kier molecular flexibility index (Phi) is 5.22. The third-order valence-electron chi connectivity index (χ3n) is 6.27. The number of imide groups is 1. The fourth-order valence-electron chi connectivity index (χ4n) is 4.64. The highest BCUT2D eigenvalue weighted by Crippen LogP contribution is 2.34. The van der Waals surface area contributed by atoms with Crippen LogP contribution in [0.15, 0.2) is 42.5 Å². The Morgan fingerprint density at radius 2 is 1.52 bits per heavy atom. The lowest BCUT2D eigenvalue weighted by atomic mass is 9.78. The molecular formula is C24H26N2O3. The van der Waals surface area contributed by atoms with E-state index < -0.39 is 0 Å². The van der Waals surface area contributed by atoms with Crippen LogP contribution in [0, 0.1) is 25.7 Å². The van der Waals surface area contributed by atoms with Gasteiger partial charge in [0.05, 0.1) is 11.1 Å². The van der Waals surface area contributed by atoms with Crippen molar-refractivity contribution in [3.05, 3.63) is 64.7 Å². The van der Waals surface area contributed by atoms with Gasteiger partial charge in [-0.05, 0) is 55.9 Å². The highest BCUT2D eigenvalue weighted by atomic mass is 16.2. The minimum Gasteiger partial charge on any atom is -0.325 e. The van der Waals surface area contributed by atoms with Crippen LogP contribution >= 0.6 is 0 Å². The van der Waals surface area contributed by atoms with Gasteiger partial charge in [-0.3, -0.25) is 19.3 Å². The molecule has 1 fully saturated rings. The number of carbonyl (C=O) groups is 3. The minimum absolute atomic E-state index is 0.0105. The van der Waals surface area contributed by atoms with Crippen LogP contribution in [0.2, 0.25) is 0 Å². The first-order valence-electron chi connectivity index (χ1n) is 10.3. The summed E-state index contributed by atoms with van der Waals surface area (Å²) in [6, 6.07) is 12.9. The van der Waals surface area contributed by atoms with E-state index >= 15 is 0 Å². The van der Waals surface area contributed by atoms with Crippen LogP contribution in [0.4, 0.5) is 5.69 Å². The average Bonchev–Trinajstić information content (AvgIpc) is 2.96. The molecule has 1 heterocycles. The normalized spacial score (nSPS) is 21.2. The number of nitrogens with one attached hydrogen (secondary N) is 1. The molecule has 1 aliphatic heterocycles. The molecule has 2 unspecified atom stereocenters. The molecule has 0 radical (unpaired) electrons. The highest BCUT2D eigenvalue weighted by molar-refractivity contribution is 6.21. The standard InChI is InChI=1S/C24H26N2O3/c1-15-8-7-9-16(2)21(15)25-22(27)18-11-4-3-10-17(18)14-26-23(28)19-12-5-6-13-20(19)24(26)29/h5-9,12-13,17-18H,3-4,10-11,14H2,1-2H3,(H,25,27). The first-order chi connectivity index (χ1) is 14.0. The van der Waals surface area contributed by atoms with Crippen molar-refractivity contribution in [3.8, 4) is 0 Å². The molecule has 2 atom stereocenters. The van der Waals surface area contributed by atoms with Crippen LogP contribution in [0.5, 0.6) is 0 Å². The summed E-state index contributed by atoms with van der Waals surface area (Å²) in [4.78, 5) is 40.0. The molecule has 3 amide bonds. The number of aryl methyl sites for hydroxylation is 2. The number of anilines is 1. The molecule has 1 N–H and O–H groups in total. The first kappa shape index (κ1) is 19.4. The Bertz CT molecular complexity index is 927. The second-order valence-electron chi connectivity index (χ2n) is 8.17. The lowest BCUT2D eigenvalue weighted by Crippen LogP contribution is -2.41. The van der Waals surface area contributed by atoms with Crippen molar-refractivity contribution in [2.75, 3.05) is 11.9 Å². The average molecular weight is 390 g/mol. The molecule has 0 aromatic heterocycles. The predicted molar refractivity (Wildman–Crippen MR) is 112 cm³/mol. The van der Waals surface area contributed by atoms with Crippen LogP contribution in [0.1, 0.15) is 57.5 Å². The van der Waals surface area contributed by atoms with Crippen molar-refractivity contribution in [3.63, 3.8) is 0 Å². The Labute approximate surface area is 171 Å². The minimum atomic E-state index is -0.245. The third kappa shape index (κ3) is 3.57. The number of hydrogen-bond acceptors (Lipinski definition) is 3. The zero-order valence-electron chi connectivity index (χ0n) is 16.9. The number of nitrogens with zero attached hydrogens (tertiary/aromatic N) is 1. The summed E-state index contributed by atoms with van der Waals surface area (Å²) in [6.07, 6.45) is 3.63. The molecule has 2 aliphatic rings. The summed E-state index contributed by atoms with van der Waals surface area (Å²) in [5.41, 5.74) is 3.86. The fourth-order valence-corrected chi connectivity index (χ4v) is 4.64. The van der Waals surface area contributed by atoms with Crippen molar-refractivity contribution in [1.82, 2.24) is 4.90 Å². The van der Waals surface area contributed by atoms with E-state index in [1.807, 2.05) is 32.0 Å². The maximum atomic E-state index is 13.1. The van der Waals surface area contributed by atoms with Gasteiger partial charge in [0.2, 0.25) is 5.91 Å². The van der Waals surface area contributed by atoms with Gasteiger partial charge < -0.3 is 5.32 Å². The molecule has 0 saturated heterocycles. The molecule has 2 aromatic rings. The van der Waals surface area contributed by atoms with Crippen LogP contribution in [0.3, 0.4) is 0 Å². The predicted octanol–water partition coefficient (Wildman–Crippen LogP) is 4.34. The molecule has 2 aromatic carbocycles. The number of fused-ring (bicyclic) bond motifs is 1. The van der Waals surface area contributed by atoms with Crippen LogP contribution in [-0.2, 0) is 4.79 Å². The maximum absolute atomic E-state index is 13.1. The summed E-state index contributed by atoms with van der Waals surface area (Å²) in [6.45, 7) is 4.27. The van der Waals surface area contributed by atoms with Gasteiger partial charge in [0, 0.05) is 18.2 Å². The van der Waals surface area contributed by atoms with E-state index in [0.717, 1.165) is 42.5 Å². The Balaban J connectivity index is 1.52. The second-order valence-corrected chi connectivity index (χ2v) is 8.17. The molecule has 150 valence electrons. The molecule has 4 rings (SSSR count). The molecule has 0 spiro atoms. The number of para-hydroxylation sites is 1. The summed E-state index contributed by atoms with van der Waals surface area (Å²) in [7, 11) is 0. The Hall–Kier alpha value is -2.95. The lowest BCUT2D eigenvalue weighted by Gasteiger charge is -2.33. The SMILES string of the molecule is Cc1cccc(C)c1NC(=O)C1CCCCC1CN1C(=O)c2ccccc2C1=O. The lowest BCUT2D eigenvalue weighted by molar-refractivity contribution is -0.122. The van der Waals surface area contributed by atoms with Gasteiger partial charge in [0.1, 0.15) is 0 Å². The molecule has 1 aliphatic carbocycles. The molecule has 29 heavy (non-hydrogen) atoms. The van der Waals surface area contributed by atoms with E-state index in [4.69, 9.17) is 0 Å². The van der Waals surface area contributed by atoms with Crippen molar-refractivity contribution < 1.29 is 14.4 Å². The topological polar surface area (TPSA) is 66.5 Å². The summed E-state index contributed by atoms with van der Waals surface area (Å²) >= 11 is 0. The van der Waals surface area contributed by atoms with E-state index in [1.54, 1.807) is 24.3 Å². The molecular weight excluding hydrogens is 364 g/mol. The van der Waals surface area contributed by atoms with Crippen LogP contribution in [-0.4, -0.2) is 29.2 Å². The van der Waals surface area contributed by atoms with E-state index in [0.29, 0.717) is 17.7 Å². The Morgan fingerprint density at radius 1 is 0.931 bits per heavy atom. The van der Waals surface area contributed by atoms with E-state index in [1.165, 1.54) is 4.90 Å². The van der Waals surface area contributed by atoms with E-state index in [2.05, 4.69) is 5.32 Å². The molecule has 1 saturated carbocycles. The monoisotopic (exact) mass is 390 g/mol. The highest BCUT2D eigenvalue weighted by Gasteiger charge is 2.40. The quantitative estimate of drug-likeness (QED) is 0.790. The number of amides is 3. The fraction of sp³-hybridized carbons (Fsp3) is 0.375. The van der Waals surface area contributed by atoms with Crippen LogP contribution < -0.4 is 5.32 Å². The van der Waals surface area contributed by atoms with Crippen molar-refractivity contribution in [1.29, 1.82) is 0 Å². The summed E-state index contributed by atoms with van der Waals surface area (Å²) in [5, 5.41) is 3.12. The van der Waals surface area contributed by atoms with E-state index in [9.17, 15) is 14.4 Å². The zero-order valence-corrected chi connectivity index (χ0v) is 16.9. The molecule has 0 bridgehead atoms. The van der Waals surface area contributed by atoms with Gasteiger partial charge in [-0.25, -0.2) is 0 Å². The maximum Gasteiger partial charge on any atom is 0.261 e.